The number of H-pyrrole nitrogens is 1. The van der Waals surface area contributed by atoms with Gasteiger partial charge in [0.15, 0.2) is 0 Å². The zero-order valence-corrected chi connectivity index (χ0v) is 17.1. The number of primary amides is 1. The highest BCUT2D eigenvalue weighted by Gasteiger charge is 2.43. The zero-order valence-electron chi connectivity index (χ0n) is 16.4. The molecule has 1 aliphatic rings. The maximum atomic E-state index is 13.1. The van der Waals surface area contributed by atoms with Gasteiger partial charge in [-0.3, -0.25) is 14.7 Å². The molecule has 1 fully saturated rings. The van der Waals surface area contributed by atoms with Gasteiger partial charge >= 0.3 is 0 Å². The molecule has 3 atom stereocenters. The second-order valence-electron chi connectivity index (χ2n) is 8.39. The second-order valence-corrected chi connectivity index (χ2v) is 8.80. The topological polar surface area (TPSA) is 92.1 Å². The van der Waals surface area contributed by atoms with Gasteiger partial charge in [0, 0.05) is 29.6 Å². The number of likely N-dealkylation sites (tertiary alicyclic amines) is 1. The van der Waals surface area contributed by atoms with E-state index in [0.717, 1.165) is 11.3 Å². The predicted molar refractivity (Wildman–Crippen MR) is 108 cm³/mol. The number of aromatic nitrogens is 2. The Labute approximate surface area is 170 Å². The maximum absolute atomic E-state index is 13.1. The van der Waals surface area contributed by atoms with Crippen molar-refractivity contribution in [2.75, 3.05) is 6.54 Å². The molecule has 0 saturated carbocycles. The summed E-state index contributed by atoms with van der Waals surface area (Å²) in [7, 11) is 0. The number of piperidine rings is 1. The van der Waals surface area contributed by atoms with Crippen LogP contribution in [-0.2, 0) is 9.59 Å². The number of nitrogens with two attached hydrogens (primary N) is 1. The third-order valence-electron chi connectivity index (χ3n) is 5.11. The number of aromatic amines is 1. The Hall–Kier alpha value is -2.34. The summed E-state index contributed by atoms with van der Waals surface area (Å²) in [5, 5.41) is 7.64. The molecular weight excluding hydrogens is 376 g/mol. The van der Waals surface area contributed by atoms with E-state index in [1.165, 1.54) is 0 Å². The number of hydrogen-bond acceptors (Lipinski definition) is 3. The quantitative estimate of drug-likeness (QED) is 0.821. The van der Waals surface area contributed by atoms with Crippen LogP contribution in [-0.4, -0.2) is 33.5 Å². The fourth-order valence-corrected chi connectivity index (χ4v) is 4.11. The summed E-state index contributed by atoms with van der Waals surface area (Å²) in [6.07, 6.45) is 3.82. The highest BCUT2D eigenvalue weighted by atomic mass is 35.5. The first-order valence-corrected chi connectivity index (χ1v) is 9.75. The summed E-state index contributed by atoms with van der Waals surface area (Å²) in [5.41, 5.74) is 7.05. The minimum atomic E-state index is -0.444. The normalized spacial score (nSPS) is 22.9. The average Bonchev–Trinajstić information content (AvgIpc) is 3.14. The number of carbonyl (C=O) groups is 2. The van der Waals surface area contributed by atoms with E-state index in [9.17, 15) is 9.59 Å². The lowest BCUT2D eigenvalue weighted by atomic mass is 9.76. The molecule has 2 heterocycles. The van der Waals surface area contributed by atoms with Crippen molar-refractivity contribution >= 4 is 23.4 Å². The number of rotatable bonds is 4. The minimum absolute atomic E-state index is 0.0829. The van der Waals surface area contributed by atoms with Gasteiger partial charge in [-0.1, -0.05) is 50.6 Å². The van der Waals surface area contributed by atoms with Crippen LogP contribution in [0.3, 0.4) is 0 Å². The van der Waals surface area contributed by atoms with Gasteiger partial charge in [0.1, 0.15) is 0 Å². The predicted octanol–water partition coefficient (Wildman–Crippen LogP) is 3.47. The van der Waals surface area contributed by atoms with Crippen molar-refractivity contribution in [1.82, 2.24) is 15.1 Å². The molecule has 1 aromatic carbocycles. The molecule has 149 valence electrons. The van der Waals surface area contributed by atoms with Gasteiger partial charge in [0.25, 0.3) is 0 Å². The van der Waals surface area contributed by atoms with Crippen molar-refractivity contribution in [3.8, 4) is 0 Å². The van der Waals surface area contributed by atoms with Crippen molar-refractivity contribution in [2.45, 2.75) is 39.2 Å². The molecule has 6 nitrogen and oxygen atoms in total. The van der Waals surface area contributed by atoms with Crippen molar-refractivity contribution < 1.29 is 9.59 Å². The van der Waals surface area contributed by atoms with Gasteiger partial charge in [-0.2, -0.15) is 5.10 Å². The lowest BCUT2D eigenvalue weighted by Gasteiger charge is -2.43. The highest BCUT2D eigenvalue weighted by molar-refractivity contribution is 6.31. The Kier molecular flexibility index (Phi) is 5.79. The van der Waals surface area contributed by atoms with E-state index in [2.05, 4.69) is 10.2 Å². The molecule has 2 amide bonds. The monoisotopic (exact) mass is 401 g/mol. The molecule has 0 spiro atoms. The van der Waals surface area contributed by atoms with Crippen LogP contribution in [0, 0.1) is 17.8 Å². The Bertz CT molecular complexity index is 844. The van der Waals surface area contributed by atoms with E-state index in [4.69, 9.17) is 17.3 Å². The van der Waals surface area contributed by atoms with Crippen LogP contribution in [0.5, 0.6) is 0 Å². The molecule has 28 heavy (non-hydrogen) atoms. The largest absolute Gasteiger partial charge is 0.369 e. The Balaban J connectivity index is 2.00. The van der Waals surface area contributed by atoms with Gasteiger partial charge in [-0.05, 0) is 29.5 Å². The number of carbonyl (C=O) groups excluding carboxylic acids is 2. The third kappa shape index (κ3) is 4.38. The maximum Gasteiger partial charge on any atom is 0.227 e. The molecule has 0 aliphatic carbocycles. The third-order valence-corrected chi connectivity index (χ3v) is 5.45. The lowest BCUT2D eigenvalue weighted by Crippen LogP contribution is -2.49. The molecule has 3 N–H and O–H groups in total. The highest BCUT2D eigenvalue weighted by Crippen LogP contribution is 2.43. The van der Waals surface area contributed by atoms with E-state index in [0.29, 0.717) is 18.0 Å². The van der Waals surface area contributed by atoms with Gasteiger partial charge < -0.3 is 10.6 Å². The number of hydrogen-bond donors (Lipinski definition) is 2. The standard InChI is InChI=1S/C21H26ClN4O2/c1-21(2,3)11-19(27)26-12-15(13-6-4-5-7-16(13)22)14(20(23)28)10-18(26)17-8-9-24-25-17/h4-9,11,14-15,18H,10,12H2,1-3H3,(H2,23,28)(H,24,25). The van der Waals surface area contributed by atoms with Gasteiger partial charge in [-0.15, -0.1) is 0 Å². The molecule has 0 bridgehead atoms. The van der Waals surface area contributed by atoms with Crippen LogP contribution < -0.4 is 5.73 Å². The molecular formula is C21H26ClN4O2. The van der Waals surface area contributed by atoms with Gasteiger partial charge in [0.2, 0.25) is 11.8 Å². The molecule has 2 aromatic rings. The molecule has 1 saturated heterocycles. The fraction of sp³-hybridized carbons (Fsp3) is 0.429. The van der Waals surface area contributed by atoms with Crippen LogP contribution >= 0.6 is 11.6 Å². The van der Waals surface area contributed by atoms with Crippen molar-refractivity contribution in [1.29, 1.82) is 0 Å². The van der Waals surface area contributed by atoms with Crippen molar-refractivity contribution in [3.05, 3.63) is 59.2 Å². The summed E-state index contributed by atoms with van der Waals surface area (Å²) in [6, 6.07) is 8.92. The van der Waals surface area contributed by atoms with Crippen LogP contribution in [0.1, 0.15) is 50.4 Å². The van der Waals surface area contributed by atoms with Crippen LogP contribution in [0.15, 0.2) is 36.5 Å². The fourth-order valence-electron chi connectivity index (χ4n) is 3.84. The summed E-state index contributed by atoms with van der Waals surface area (Å²) < 4.78 is 0. The lowest BCUT2D eigenvalue weighted by molar-refractivity contribution is -0.137. The summed E-state index contributed by atoms with van der Waals surface area (Å²) in [5.74, 6) is -1.18. The number of halogens is 1. The Morgan fingerprint density at radius 1 is 1.29 bits per heavy atom. The summed E-state index contributed by atoms with van der Waals surface area (Å²) in [6.45, 7) is 6.29. The first kappa shape index (κ1) is 20.4. The van der Waals surface area contributed by atoms with Crippen LogP contribution in [0.25, 0.3) is 0 Å². The van der Waals surface area contributed by atoms with E-state index in [1.54, 1.807) is 23.6 Å². The number of benzene rings is 1. The molecule has 1 aromatic heterocycles. The Morgan fingerprint density at radius 2 is 2.00 bits per heavy atom. The summed E-state index contributed by atoms with van der Waals surface area (Å²) in [4.78, 5) is 27.2. The van der Waals surface area contributed by atoms with Gasteiger partial charge in [0.05, 0.1) is 18.2 Å². The molecule has 3 unspecified atom stereocenters. The van der Waals surface area contributed by atoms with E-state index in [-0.39, 0.29) is 23.3 Å². The number of nitrogens with zero attached hydrogens (tertiary/aromatic N) is 2. The Morgan fingerprint density at radius 3 is 2.57 bits per heavy atom. The molecule has 1 radical (unpaired) electrons. The first-order valence-electron chi connectivity index (χ1n) is 9.37. The van der Waals surface area contributed by atoms with Crippen LogP contribution in [0.4, 0.5) is 0 Å². The van der Waals surface area contributed by atoms with Crippen LogP contribution in [0.2, 0.25) is 5.02 Å². The van der Waals surface area contributed by atoms with E-state index >= 15 is 0 Å². The molecule has 3 rings (SSSR count). The number of nitrogens with one attached hydrogen (secondary N) is 1. The molecule has 1 aliphatic heterocycles. The summed E-state index contributed by atoms with van der Waals surface area (Å²) >= 11 is 6.42. The zero-order chi connectivity index (χ0) is 20.5. The number of amides is 2. The minimum Gasteiger partial charge on any atom is -0.369 e. The van der Waals surface area contributed by atoms with E-state index < -0.39 is 11.8 Å². The average molecular weight is 402 g/mol. The van der Waals surface area contributed by atoms with Gasteiger partial charge in [-0.25, -0.2) is 0 Å². The van der Waals surface area contributed by atoms with E-state index in [1.807, 2.05) is 45.0 Å². The molecule has 7 heteroatoms. The first-order chi connectivity index (χ1) is 13.2. The smallest absolute Gasteiger partial charge is 0.227 e. The van der Waals surface area contributed by atoms with Crippen molar-refractivity contribution in [2.24, 2.45) is 17.1 Å². The SMILES string of the molecule is CC(C)(C)[CH]C(=O)N1CC(c2ccccc2Cl)C(C(N)=O)CC1c1cc[nH]n1. The second kappa shape index (κ2) is 7.95. The van der Waals surface area contributed by atoms with Crippen molar-refractivity contribution in [3.63, 3.8) is 0 Å².